The second-order valence-electron chi connectivity index (χ2n) is 4.85. The topological polar surface area (TPSA) is 68.5 Å². The number of benzene rings is 1. The molecule has 0 N–H and O–H groups in total. The van der Waals surface area contributed by atoms with Gasteiger partial charge in [0.25, 0.3) is 0 Å². The summed E-state index contributed by atoms with van der Waals surface area (Å²) in [5.74, 6) is 1.03. The highest BCUT2D eigenvalue weighted by Crippen LogP contribution is 2.30. The molecular formula is C14H15BrClN3O3. The first-order chi connectivity index (χ1) is 10.4. The second kappa shape index (κ2) is 7.11. The Morgan fingerprint density at radius 1 is 1.50 bits per heavy atom. The van der Waals surface area contributed by atoms with Crippen molar-refractivity contribution >= 4 is 33.4 Å². The van der Waals surface area contributed by atoms with Crippen LogP contribution in [0.2, 0.25) is 5.02 Å². The molecule has 0 aliphatic heterocycles. The Labute approximate surface area is 141 Å². The molecule has 1 aromatic carbocycles. The number of halogens is 2. The molecule has 8 heteroatoms. The molecule has 0 aliphatic rings. The van der Waals surface area contributed by atoms with Crippen molar-refractivity contribution in [3.05, 3.63) is 39.4 Å². The van der Waals surface area contributed by atoms with E-state index in [0.29, 0.717) is 16.6 Å². The average Bonchev–Trinajstić information content (AvgIpc) is 2.90. The number of aromatic nitrogens is 2. The van der Waals surface area contributed by atoms with E-state index in [9.17, 15) is 4.79 Å². The maximum atomic E-state index is 11.6. The summed E-state index contributed by atoms with van der Waals surface area (Å²) in [4.78, 5) is 17.2. The highest BCUT2D eigenvalue weighted by atomic mass is 79.9. The van der Waals surface area contributed by atoms with Crippen molar-refractivity contribution in [2.24, 2.45) is 0 Å². The summed E-state index contributed by atoms with van der Waals surface area (Å²) in [6.07, 6.45) is -0.392. The van der Waals surface area contributed by atoms with Gasteiger partial charge in [-0.1, -0.05) is 32.7 Å². The predicted molar refractivity (Wildman–Crippen MR) is 84.9 cm³/mol. The molecule has 0 radical (unpaired) electrons. The summed E-state index contributed by atoms with van der Waals surface area (Å²) < 4.78 is 11.6. The van der Waals surface area contributed by atoms with Crippen LogP contribution in [0.3, 0.4) is 0 Å². The van der Waals surface area contributed by atoms with Gasteiger partial charge in [-0.15, -0.1) is 0 Å². The van der Waals surface area contributed by atoms with E-state index in [0.717, 1.165) is 4.47 Å². The Hall–Kier alpha value is -1.60. The van der Waals surface area contributed by atoms with Gasteiger partial charge in [0.1, 0.15) is 12.2 Å². The van der Waals surface area contributed by atoms with Gasteiger partial charge in [-0.2, -0.15) is 4.98 Å². The predicted octanol–water partition coefficient (Wildman–Crippen LogP) is 3.26. The molecule has 0 fully saturated rings. The molecule has 6 nitrogen and oxygen atoms in total. The minimum Gasteiger partial charge on any atom is -0.481 e. The van der Waals surface area contributed by atoms with Crippen molar-refractivity contribution in [1.82, 2.24) is 15.0 Å². The Balaban J connectivity index is 2.05. The van der Waals surface area contributed by atoms with Crippen molar-refractivity contribution in [1.29, 1.82) is 0 Å². The van der Waals surface area contributed by atoms with Crippen LogP contribution in [0.5, 0.6) is 5.75 Å². The number of amides is 1. The number of hydrogen-bond acceptors (Lipinski definition) is 5. The van der Waals surface area contributed by atoms with E-state index < -0.39 is 6.10 Å². The van der Waals surface area contributed by atoms with E-state index in [1.807, 2.05) is 6.07 Å². The quantitative estimate of drug-likeness (QED) is 0.786. The number of nitrogens with zero attached hydrogens (tertiary/aromatic N) is 3. The van der Waals surface area contributed by atoms with Crippen LogP contribution in [0.4, 0.5) is 0 Å². The summed E-state index contributed by atoms with van der Waals surface area (Å²) in [5, 5.41) is 4.32. The van der Waals surface area contributed by atoms with E-state index in [2.05, 4.69) is 26.1 Å². The molecular weight excluding hydrogens is 374 g/mol. The van der Waals surface area contributed by atoms with Gasteiger partial charge in [-0.05, 0) is 25.1 Å². The Morgan fingerprint density at radius 2 is 2.23 bits per heavy atom. The molecule has 22 heavy (non-hydrogen) atoms. The standard InChI is InChI=1S/C14H15BrClN3O3/c1-8(21-11-5-4-9(15)6-10(11)16)14-17-12(22-18-14)7-13(20)19(2)3/h4-6,8H,7H2,1-3H3. The van der Waals surface area contributed by atoms with Gasteiger partial charge in [0.05, 0.1) is 5.02 Å². The lowest BCUT2D eigenvalue weighted by Gasteiger charge is -2.12. The SMILES string of the molecule is CC(Oc1ccc(Br)cc1Cl)c1noc(CC(=O)N(C)C)n1. The van der Waals surface area contributed by atoms with Gasteiger partial charge in [-0.3, -0.25) is 4.79 Å². The molecule has 2 rings (SSSR count). The van der Waals surface area contributed by atoms with Gasteiger partial charge in [0, 0.05) is 18.6 Å². The van der Waals surface area contributed by atoms with Gasteiger partial charge >= 0.3 is 0 Å². The van der Waals surface area contributed by atoms with Crippen LogP contribution in [0.15, 0.2) is 27.2 Å². The third kappa shape index (κ3) is 4.20. The van der Waals surface area contributed by atoms with Gasteiger partial charge in [-0.25, -0.2) is 0 Å². The van der Waals surface area contributed by atoms with Gasteiger partial charge in [0.15, 0.2) is 6.10 Å². The minimum atomic E-state index is -0.453. The average molecular weight is 389 g/mol. The zero-order chi connectivity index (χ0) is 16.3. The lowest BCUT2D eigenvalue weighted by atomic mass is 10.3. The molecule has 1 atom stereocenters. The molecule has 0 saturated carbocycles. The van der Waals surface area contributed by atoms with Crippen LogP contribution < -0.4 is 4.74 Å². The first-order valence-electron chi connectivity index (χ1n) is 6.51. The first-order valence-corrected chi connectivity index (χ1v) is 7.68. The normalized spacial score (nSPS) is 12.0. The number of rotatable bonds is 5. The van der Waals surface area contributed by atoms with E-state index >= 15 is 0 Å². The molecule has 1 aromatic heterocycles. The first kappa shape index (κ1) is 16.8. The molecule has 0 bridgehead atoms. The molecule has 0 spiro atoms. The lowest BCUT2D eigenvalue weighted by Crippen LogP contribution is -2.23. The molecule has 1 unspecified atom stereocenters. The fourth-order valence-corrected chi connectivity index (χ4v) is 2.32. The van der Waals surface area contributed by atoms with E-state index in [-0.39, 0.29) is 18.2 Å². The minimum absolute atomic E-state index is 0.0613. The van der Waals surface area contributed by atoms with E-state index in [1.54, 1.807) is 33.2 Å². The molecule has 0 aliphatic carbocycles. The van der Waals surface area contributed by atoms with Crippen LogP contribution in [0, 0.1) is 0 Å². The number of carbonyl (C=O) groups is 1. The highest BCUT2D eigenvalue weighted by Gasteiger charge is 2.18. The summed E-state index contributed by atoms with van der Waals surface area (Å²) in [6, 6.07) is 5.31. The van der Waals surface area contributed by atoms with Gasteiger partial charge < -0.3 is 14.2 Å². The largest absolute Gasteiger partial charge is 0.481 e. The van der Waals surface area contributed by atoms with E-state index in [4.69, 9.17) is 20.9 Å². The van der Waals surface area contributed by atoms with Crippen molar-refractivity contribution < 1.29 is 14.1 Å². The Bertz CT molecular complexity index is 675. The molecule has 1 heterocycles. The van der Waals surface area contributed by atoms with Crippen LogP contribution >= 0.6 is 27.5 Å². The number of likely N-dealkylation sites (N-methyl/N-ethyl adjacent to an activating group) is 1. The summed E-state index contributed by atoms with van der Waals surface area (Å²) in [7, 11) is 3.34. The summed E-state index contributed by atoms with van der Waals surface area (Å²) in [5.41, 5.74) is 0. The third-order valence-electron chi connectivity index (χ3n) is 2.85. The number of ether oxygens (including phenoxy) is 1. The third-order valence-corrected chi connectivity index (χ3v) is 3.63. The van der Waals surface area contributed by atoms with Crippen molar-refractivity contribution in [2.45, 2.75) is 19.4 Å². The van der Waals surface area contributed by atoms with Crippen LogP contribution in [0.1, 0.15) is 24.7 Å². The number of carbonyl (C=O) groups excluding carboxylic acids is 1. The monoisotopic (exact) mass is 387 g/mol. The zero-order valence-electron chi connectivity index (χ0n) is 12.3. The fourth-order valence-electron chi connectivity index (χ4n) is 1.61. The molecule has 118 valence electrons. The van der Waals surface area contributed by atoms with Gasteiger partial charge in [0.2, 0.25) is 17.6 Å². The zero-order valence-corrected chi connectivity index (χ0v) is 14.7. The van der Waals surface area contributed by atoms with Crippen molar-refractivity contribution in [2.75, 3.05) is 14.1 Å². The summed E-state index contributed by atoms with van der Waals surface area (Å²) >= 11 is 9.43. The molecule has 0 saturated heterocycles. The maximum Gasteiger partial charge on any atom is 0.236 e. The highest BCUT2D eigenvalue weighted by molar-refractivity contribution is 9.10. The van der Waals surface area contributed by atoms with Crippen molar-refractivity contribution in [3.8, 4) is 5.75 Å². The maximum absolute atomic E-state index is 11.6. The second-order valence-corrected chi connectivity index (χ2v) is 6.17. The Morgan fingerprint density at radius 3 is 2.86 bits per heavy atom. The van der Waals surface area contributed by atoms with Crippen LogP contribution in [-0.2, 0) is 11.2 Å². The van der Waals surface area contributed by atoms with Crippen LogP contribution in [-0.4, -0.2) is 35.0 Å². The Kier molecular flexibility index (Phi) is 5.42. The molecule has 2 aromatic rings. The summed E-state index contributed by atoms with van der Waals surface area (Å²) in [6.45, 7) is 1.78. The fraction of sp³-hybridized carbons (Fsp3) is 0.357. The number of hydrogen-bond donors (Lipinski definition) is 0. The van der Waals surface area contributed by atoms with Crippen molar-refractivity contribution in [3.63, 3.8) is 0 Å². The lowest BCUT2D eigenvalue weighted by molar-refractivity contribution is -0.128. The molecule has 1 amide bonds. The van der Waals surface area contributed by atoms with Crippen LogP contribution in [0.25, 0.3) is 0 Å². The smallest absolute Gasteiger partial charge is 0.236 e. The van der Waals surface area contributed by atoms with E-state index in [1.165, 1.54) is 4.90 Å².